The van der Waals surface area contributed by atoms with Crippen molar-refractivity contribution in [3.05, 3.63) is 48.0 Å². The highest BCUT2D eigenvalue weighted by atomic mass is 16.5. The van der Waals surface area contributed by atoms with E-state index in [1.807, 2.05) is 56.3 Å². The summed E-state index contributed by atoms with van der Waals surface area (Å²) in [6.07, 6.45) is 0. The van der Waals surface area contributed by atoms with Gasteiger partial charge in [-0.1, -0.05) is 6.07 Å². The minimum absolute atomic E-state index is 0.642. The van der Waals surface area contributed by atoms with Crippen LogP contribution in [0.5, 0.6) is 5.75 Å². The van der Waals surface area contributed by atoms with Gasteiger partial charge in [-0.25, -0.2) is 4.98 Å². The molecule has 0 atom stereocenters. The third-order valence-corrected chi connectivity index (χ3v) is 2.96. The Kier molecular flexibility index (Phi) is 2.95. The second kappa shape index (κ2) is 4.76. The number of benzene rings is 2. The molecule has 1 aromatic heterocycles. The lowest BCUT2D eigenvalue weighted by Gasteiger charge is -2.02. The fraction of sp³-hybridized carbons (Fsp3) is 0.188. The average Bonchev–Trinajstić information content (AvgIpc) is 2.83. The predicted molar refractivity (Wildman–Crippen MR) is 75.4 cm³/mol. The number of hydrogen-bond acceptors (Lipinski definition) is 3. The van der Waals surface area contributed by atoms with Crippen LogP contribution in [0.4, 0.5) is 0 Å². The zero-order chi connectivity index (χ0) is 13.2. The van der Waals surface area contributed by atoms with Crippen molar-refractivity contribution in [1.82, 2.24) is 4.98 Å². The van der Waals surface area contributed by atoms with Gasteiger partial charge in [0, 0.05) is 5.56 Å². The molecule has 0 radical (unpaired) electrons. The summed E-state index contributed by atoms with van der Waals surface area (Å²) < 4.78 is 11.2. The zero-order valence-corrected chi connectivity index (χ0v) is 11.0. The first-order valence-electron chi connectivity index (χ1n) is 6.36. The normalized spacial score (nSPS) is 10.8. The number of hydrogen-bond donors (Lipinski definition) is 0. The first kappa shape index (κ1) is 11.8. The largest absolute Gasteiger partial charge is 0.494 e. The quantitative estimate of drug-likeness (QED) is 0.701. The van der Waals surface area contributed by atoms with Gasteiger partial charge in [0.25, 0.3) is 0 Å². The summed E-state index contributed by atoms with van der Waals surface area (Å²) >= 11 is 0. The van der Waals surface area contributed by atoms with E-state index in [1.165, 1.54) is 5.56 Å². The van der Waals surface area contributed by atoms with Gasteiger partial charge in [0.15, 0.2) is 5.58 Å². The number of aryl methyl sites for hydroxylation is 1. The van der Waals surface area contributed by atoms with E-state index in [0.29, 0.717) is 12.5 Å². The van der Waals surface area contributed by atoms with Crippen LogP contribution in [-0.2, 0) is 0 Å². The van der Waals surface area contributed by atoms with E-state index >= 15 is 0 Å². The summed E-state index contributed by atoms with van der Waals surface area (Å²) in [6.45, 7) is 4.68. The van der Waals surface area contributed by atoms with Gasteiger partial charge in [0.2, 0.25) is 5.89 Å². The van der Waals surface area contributed by atoms with Crippen LogP contribution in [0.3, 0.4) is 0 Å². The molecular formula is C16H15NO2. The molecule has 1 heterocycles. The molecule has 3 rings (SSSR count). The molecule has 0 aliphatic rings. The summed E-state index contributed by atoms with van der Waals surface area (Å²) in [5.41, 5.74) is 3.83. The highest BCUT2D eigenvalue weighted by molar-refractivity contribution is 5.76. The number of nitrogens with zero attached hydrogens (tertiary/aromatic N) is 1. The van der Waals surface area contributed by atoms with Gasteiger partial charge in [-0.15, -0.1) is 0 Å². The van der Waals surface area contributed by atoms with Gasteiger partial charge in [0.1, 0.15) is 11.3 Å². The Balaban J connectivity index is 1.99. The van der Waals surface area contributed by atoms with Crippen LogP contribution in [0, 0.1) is 6.92 Å². The summed E-state index contributed by atoms with van der Waals surface area (Å²) in [5.74, 6) is 1.50. The molecule has 19 heavy (non-hydrogen) atoms. The first-order valence-corrected chi connectivity index (χ1v) is 6.36. The molecule has 0 aliphatic carbocycles. The molecule has 0 saturated carbocycles. The van der Waals surface area contributed by atoms with Crippen molar-refractivity contribution in [3.8, 4) is 17.2 Å². The lowest BCUT2D eigenvalue weighted by molar-refractivity contribution is 0.340. The summed E-state index contributed by atoms with van der Waals surface area (Å²) in [6, 6.07) is 13.8. The Bertz CT molecular complexity index is 698. The van der Waals surface area contributed by atoms with E-state index < -0.39 is 0 Å². The number of aromatic nitrogens is 1. The van der Waals surface area contributed by atoms with Crippen molar-refractivity contribution in [1.29, 1.82) is 0 Å². The maximum absolute atomic E-state index is 5.78. The fourth-order valence-corrected chi connectivity index (χ4v) is 2.02. The van der Waals surface area contributed by atoms with Crippen molar-refractivity contribution in [2.24, 2.45) is 0 Å². The van der Waals surface area contributed by atoms with Gasteiger partial charge in [-0.2, -0.15) is 0 Å². The second-order valence-corrected chi connectivity index (χ2v) is 4.45. The fourth-order valence-electron chi connectivity index (χ4n) is 2.02. The third-order valence-electron chi connectivity index (χ3n) is 2.96. The van der Waals surface area contributed by atoms with Crippen LogP contribution in [0.1, 0.15) is 12.5 Å². The third kappa shape index (κ3) is 2.32. The number of oxazole rings is 1. The highest BCUT2D eigenvalue weighted by Gasteiger charge is 2.08. The minimum atomic E-state index is 0.642. The van der Waals surface area contributed by atoms with Crippen LogP contribution >= 0.6 is 0 Å². The Morgan fingerprint density at radius 2 is 1.89 bits per heavy atom. The molecule has 96 valence electrons. The lowest BCUT2D eigenvalue weighted by Crippen LogP contribution is -1.90. The molecule has 3 nitrogen and oxygen atoms in total. The van der Waals surface area contributed by atoms with Gasteiger partial charge in [0.05, 0.1) is 6.61 Å². The van der Waals surface area contributed by atoms with Crippen LogP contribution in [-0.4, -0.2) is 11.6 Å². The summed E-state index contributed by atoms with van der Waals surface area (Å²) in [7, 11) is 0. The van der Waals surface area contributed by atoms with E-state index in [4.69, 9.17) is 9.15 Å². The average molecular weight is 253 g/mol. The molecule has 0 bridgehead atoms. The smallest absolute Gasteiger partial charge is 0.227 e. The Morgan fingerprint density at radius 1 is 1.11 bits per heavy atom. The van der Waals surface area contributed by atoms with E-state index in [0.717, 1.165) is 22.4 Å². The van der Waals surface area contributed by atoms with E-state index in [2.05, 4.69) is 4.98 Å². The maximum Gasteiger partial charge on any atom is 0.227 e. The molecule has 0 N–H and O–H groups in total. The van der Waals surface area contributed by atoms with Crippen molar-refractivity contribution in [3.63, 3.8) is 0 Å². The summed E-state index contributed by atoms with van der Waals surface area (Å²) in [5, 5.41) is 0. The van der Waals surface area contributed by atoms with Crippen LogP contribution in [0.15, 0.2) is 46.9 Å². The van der Waals surface area contributed by atoms with Crippen molar-refractivity contribution in [2.45, 2.75) is 13.8 Å². The molecule has 2 aromatic carbocycles. The Morgan fingerprint density at radius 3 is 2.63 bits per heavy atom. The number of rotatable bonds is 3. The van der Waals surface area contributed by atoms with Crippen LogP contribution in [0.2, 0.25) is 0 Å². The molecule has 0 unspecified atom stereocenters. The van der Waals surface area contributed by atoms with E-state index in [1.54, 1.807) is 0 Å². The van der Waals surface area contributed by atoms with Gasteiger partial charge < -0.3 is 9.15 Å². The highest BCUT2D eigenvalue weighted by Crippen LogP contribution is 2.26. The molecule has 0 spiro atoms. The van der Waals surface area contributed by atoms with Gasteiger partial charge in [-0.05, 0) is 55.8 Å². The van der Waals surface area contributed by atoms with Crippen molar-refractivity contribution < 1.29 is 9.15 Å². The Hall–Kier alpha value is -2.29. The molecule has 0 fully saturated rings. The lowest BCUT2D eigenvalue weighted by atomic mass is 10.2. The zero-order valence-electron chi connectivity index (χ0n) is 11.0. The number of ether oxygens (including phenoxy) is 1. The van der Waals surface area contributed by atoms with E-state index in [9.17, 15) is 0 Å². The Labute approximate surface area is 111 Å². The van der Waals surface area contributed by atoms with Gasteiger partial charge in [-0.3, -0.25) is 0 Å². The standard InChI is InChI=1S/C16H15NO2/c1-3-18-13-7-5-12(6-8-13)16-17-14-9-4-11(2)10-15(14)19-16/h4-10H,3H2,1-2H3. The van der Waals surface area contributed by atoms with E-state index in [-0.39, 0.29) is 0 Å². The molecule has 3 heteroatoms. The monoisotopic (exact) mass is 253 g/mol. The molecule has 0 saturated heterocycles. The van der Waals surface area contributed by atoms with Crippen molar-refractivity contribution >= 4 is 11.1 Å². The van der Waals surface area contributed by atoms with Gasteiger partial charge >= 0.3 is 0 Å². The first-order chi connectivity index (χ1) is 9.26. The van der Waals surface area contributed by atoms with Crippen LogP contribution in [0.25, 0.3) is 22.6 Å². The molecule has 3 aromatic rings. The SMILES string of the molecule is CCOc1ccc(-c2nc3ccc(C)cc3o2)cc1. The molecule has 0 aliphatic heterocycles. The molecular weight excluding hydrogens is 238 g/mol. The minimum Gasteiger partial charge on any atom is -0.494 e. The van der Waals surface area contributed by atoms with Crippen LogP contribution < -0.4 is 4.74 Å². The maximum atomic E-state index is 5.78. The second-order valence-electron chi connectivity index (χ2n) is 4.45. The summed E-state index contributed by atoms with van der Waals surface area (Å²) in [4.78, 5) is 4.49. The topological polar surface area (TPSA) is 35.3 Å². The number of fused-ring (bicyclic) bond motifs is 1. The van der Waals surface area contributed by atoms with Crippen molar-refractivity contribution in [2.75, 3.05) is 6.61 Å². The predicted octanol–water partition coefficient (Wildman–Crippen LogP) is 4.20. The molecule has 0 amide bonds.